The third-order valence-corrected chi connectivity index (χ3v) is 4.19. The molecule has 0 spiro atoms. The van der Waals surface area contributed by atoms with Gasteiger partial charge < -0.3 is 15.1 Å². The summed E-state index contributed by atoms with van der Waals surface area (Å²) in [5.74, 6) is 1.15. The highest BCUT2D eigenvalue weighted by Crippen LogP contribution is 2.26. The summed E-state index contributed by atoms with van der Waals surface area (Å²) in [5, 5.41) is 12.4. The van der Waals surface area contributed by atoms with Crippen LogP contribution < -0.4 is 15.1 Å². The van der Waals surface area contributed by atoms with E-state index in [2.05, 4.69) is 26.3 Å². The van der Waals surface area contributed by atoms with Crippen LogP contribution in [-0.2, 0) is 0 Å². The van der Waals surface area contributed by atoms with Crippen LogP contribution in [0.5, 0.6) is 0 Å². The molecule has 25 heavy (non-hydrogen) atoms. The predicted molar refractivity (Wildman–Crippen MR) is 96.5 cm³/mol. The maximum atomic E-state index is 14.2. The molecule has 1 fully saturated rings. The smallest absolute Gasteiger partial charge is 0.227 e. The van der Waals surface area contributed by atoms with Crippen LogP contribution in [0.3, 0.4) is 0 Å². The molecular formula is C18H21FN6. The quantitative estimate of drug-likeness (QED) is 0.922. The van der Waals surface area contributed by atoms with Crippen LogP contribution in [0, 0.1) is 24.1 Å². The van der Waals surface area contributed by atoms with Gasteiger partial charge in [0.1, 0.15) is 17.7 Å². The SMILES string of the molecule is CCNc1cc(C)nc(N2CCN(c3c(F)cccc3C#N)CC2)n1. The van der Waals surface area contributed by atoms with Crippen molar-refractivity contribution in [3.63, 3.8) is 0 Å². The molecule has 0 saturated carbocycles. The normalized spacial score (nSPS) is 14.3. The van der Waals surface area contributed by atoms with Crippen LogP contribution >= 0.6 is 0 Å². The van der Waals surface area contributed by atoms with Crippen LogP contribution in [-0.4, -0.2) is 42.7 Å². The van der Waals surface area contributed by atoms with Crippen molar-refractivity contribution >= 4 is 17.5 Å². The number of piperazine rings is 1. The third-order valence-electron chi connectivity index (χ3n) is 4.19. The number of aryl methyl sites for hydroxylation is 1. The summed E-state index contributed by atoms with van der Waals surface area (Å²) in [6, 6.07) is 8.61. The van der Waals surface area contributed by atoms with Gasteiger partial charge in [0, 0.05) is 44.5 Å². The van der Waals surface area contributed by atoms with E-state index in [0.29, 0.717) is 43.4 Å². The van der Waals surface area contributed by atoms with Crippen molar-refractivity contribution in [3.8, 4) is 6.07 Å². The highest BCUT2D eigenvalue weighted by atomic mass is 19.1. The van der Waals surface area contributed by atoms with E-state index in [4.69, 9.17) is 0 Å². The molecule has 7 heteroatoms. The van der Waals surface area contributed by atoms with Gasteiger partial charge in [-0.3, -0.25) is 0 Å². The molecule has 0 bridgehead atoms. The number of nitrogens with zero attached hydrogens (tertiary/aromatic N) is 5. The standard InChI is InChI=1S/C18H21FN6/c1-3-21-16-11-13(2)22-18(23-16)25-9-7-24(8-10-25)17-14(12-20)5-4-6-15(17)19/h4-6,11H,3,7-10H2,1-2H3,(H,21,22,23). The molecule has 1 aliphatic rings. The van der Waals surface area contributed by atoms with E-state index in [-0.39, 0.29) is 5.82 Å². The van der Waals surface area contributed by atoms with Crippen LogP contribution in [0.15, 0.2) is 24.3 Å². The number of anilines is 3. The van der Waals surface area contributed by atoms with Crippen LogP contribution in [0.25, 0.3) is 0 Å². The van der Waals surface area contributed by atoms with Gasteiger partial charge in [-0.25, -0.2) is 9.37 Å². The Hall–Kier alpha value is -2.88. The number of para-hydroxylation sites is 1. The molecule has 1 aromatic carbocycles. The van der Waals surface area contributed by atoms with Gasteiger partial charge in [-0.15, -0.1) is 0 Å². The number of halogens is 1. The second-order valence-electron chi connectivity index (χ2n) is 5.95. The maximum Gasteiger partial charge on any atom is 0.227 e. The lowest BCUT2D eigenvalue weighted by Gasteiger charge is -2.36. The monoisotopic (exact) mass is 340 g/mol. The Morgan fingerprint density at radius 2 is 1.92 bits per heavy atom. The summed E-state index contributed by atoms with van der Waals surface area (Å²) < 4.78 is 14.2. The van der Waals surface area contributed by atoms with Gasteiger partial charge in [0.25, 0.3) is 0 Å². The first-order valence-corrected chi connectivity index (χ1v) is 8.40. The Morgan fingerprint density at radius 3 is 2.60 bits per heavy atom. The van der Waals surface area contributed by atoms with Crippen molar-refractivity contribution in [2.24, 2.45) is 0 Å². The van der Waals surface area contributed by atoms with Crippen LogP contribution in [0.4, 0.5) is 21.8 Å². The fourth-order valence-electron chi connectivity index (χ4n) is 3.02. The maximum absolute atomic E-state index is 14.2. The minimum Gasteiger partial charge on any atom is -0.370 e. The zero-order valence-electron chi connectivity index (χ0n) is 14.5. The summed E-state index contributed by atoms with van der Waals surface area (Å²) >= 11 is 0. The molecule has 0 radical (unpaired) electrons. The fourth-order valence-corrected chi connectivity index (χ4v) is 3.02. The first-order valence-electron chi connectivity index (χ1n) is 8.40. The topological polar surface area (TPSA) is 68.1 Å². The summed E-state index contributed by atoms with van der Waals surface area (Å²) in [7, 11) is 0. The lowest BCUT2D eigenvalue weighted by atomic mass is 10.1. The molecule has 1 aromatic heterocycles. The number of hydrogen-bond acceptors (Lipinski definition) is 6. The van der Waals surface area contributed by atoms with E-state index in [0.717, 1.165) is 18.1 Å². The highest BCUT2D eigenvalue weighted by Gasteiger charge is 2.23. The molecule has 6 nitrogen and oxygen atoms in total. The molecule has 0 unspecified atom stereocenters. The van der Waals surface area contributed by atoms with Gasteiger partial charge in [0.05, 0.1) is 11.3 Å². The molecule has 0 amide bonds. The summed E-state index contributed by atoms with van der Waals surface area (Å²) in [6.07, 6.45) is 0. The zero-order valence-corrected chi connectivity index (χ0v) is 14.5. The molecular weight excluding hydrogens is 319 g/mol. The van der Waals surface area contributed by atoms with Gasteiger partial charge in [-0.1, -0.05) is 6.07 Å². The van der Waals surface area contributed by atoms with Crippen molar-refractivity contribution in [2.45, 2.75) is 13.8 Å². The number of nitrogens with one attached hydrogen (secondary N) is 1. The number of aromatic nitrogens is 2. The van der Waals surface area contributed by atoms with Crippen molar-refractivity contribution < 1.29 is 4.39 Å². The van der Waals surface area contributed by atoms with Crippen molar-refractivity contribution in [1.82, 2.24) is 9.97 Å². The van der Waals surface area contributed by atoms with Crippen molar-refractivity contribution in [3.05, 3.63) is 41.3 Å². The van der Waals surface area contributed by atoms with Gasteiger partial charge >= 0.3 is 0 Å². The molecule has 1 aliphatic heterocycles. The van der Waals surface area contributed by atoms with Crippen LogP contribution in [0.2, 0.25) is 0 Å². The minimum absolute atomic E-state index is 0.353. The van der Waals surface area contributed by atoms with E-state index < -0.39 is 0 Å². The van der Waals surface area contributed by atoms with Gasteiger partial charge in [-0.2, -0.15) is 10.2 Å². The Balaban J connectivity index is 1.76. The van der Waals surface area contributed by atoms with Gasteiger partial charge in [0.2, 0.25) is 5.95 Å². The molecule has 2 aromatic rings. The Bertz CT molecular complexity index is 793. The average Bonchev–Trinajstić information content (AvgIpc) is 2.61. The number of hydrogen-bond donors (Lipinski definition) is 1. The summed E-state index contributed by atoms with van der Waals surface area (Å²) in [6.45, 7) is 7.35. The third kappa shape index (κ3) is 3.63. The Labute approximate surface area is 146 Å². The molecule has 2 heterocycles. The molecule has 1 N–H and O–H groups in total. The average molecular weight is 340 g/mol. The van der Waals surface area contributed by atoms with Crippen molar-refractivity contribution in [2.75, 3.05) is 47.8 Å². The molecule has 3 rings (SSSR count). The summed E-state index contributed by atoms with van der Waals surface area (Å²) in [4.78, 5) is 13.1. The van der Waals surface area contributed by atoms with Crippen molar-refractivity contribution in [1.29, 1.82) is 5.26 Å². The number of rotatable bonds is 4. The van der Waals surface area contributed by atoms with E-state index in [1.807, 2.05) is 24.8 Å². The Kier molecular flexibility index (Phi) is 4.98. The highest BCUT2D eigenvalue weighted by molar-refractivity contribution is 5.61. The summed E-state index contributed by atoms with van der Waals surface area (Å²) in [5.41, 5.74) is 1.67. The zero-order chi connectivity index (χ0) is 17.8. The lowest BCUT2D eigenvalue weighted by Crippen LogP contribution is -2.47. The molecule has 0 atom stereocenters. The number of nitriles is 1. The van der Waals surface area contributed by atoms with E-state index in [1.165, 1.54) is 6.07 Å². The first-order chi connectivity index (χ1) is 12.1. The van der Waals surface area contributed by atoms with E-state index in [9.17, 15) is 9.65 Å². The molecule has 0 aliphatic carbocycles. The fraction of sp³-hybridized carbons (Fsp3) is 0.389. The minimum atomic E-state index is -0.353. The van der Waals surface area contributed by atoms with E-state index in [1.54, 1.807) is 12.1 Å². The number of benzene rings is 1. The van der Waals surface area contributed by atoms with Gasteiger partial charge in [0.15, 0.2) is 0 Å². The van der Waals surface area contributed by atoms with E-state index >= 15 is 0 Å². The van der Waals surface area contributed by atoms with Crippen LogP contribution in [0.1, 0.15) is 18.2 Å². The first kappa shape index (κ1) is 17.0. The Morgan fingerprint density at radius 1 is 1.20 bits per heavy atom. The lowest BCUT2D eigenvalue weighted by molar-refractivity contribution is 0.593. The second-order valence-corrected chi connectivity index (χ2v) is 5.95. The molecule has 1 saturated heterocycles. The largest absolute Gasteiger partial charge is 0.370 e. The predicted octanol–water partition coefficient (Wildman–Crippen LogP) is 2.55. The van der Waals surface area contributed by atoms with Gasteiger partial charge in [-0.05, 0) is 26.0 Å². The molecule has 130 valence electrons. The second kappa shape index (κ2) is 7.34.